The molecule has 0 aliphatic carbocycles. The van der Waals surface area contributed by atoms with Crippen molar-refractivity contribution < 1.29 is 4.74 Å². The van der Waals surface area contributed by atoms with Gasteiger partial charge in [-0.15, -0.1) is 0 Å². The topological polar surface area (TPSA) is 24.5 Å². The van der Waals surface area contributed by atoms with Crippen molar-refractivity contribution in [1.29, 1.82) is 0 Å². The van der Waals surface area contributed by atoms with Crippen molar-refractivity contribution in [3.05, 3.63) is 29.3 Å². The average Bonchev–Trinajstić information content (AvgIpc) is 2.49. The molecular formula is C19H32N2O. The van der Waals surface area contributed by atoms with Crippen LogP contribution in [0, 0.1) is 0 Å². The zero-order valence-electron chi connectivity index (χ0n) is 14.7. The van der Waals surface area contributed by atoms with Crippen molar-refractivity contribution in [2.24, 2.45) is 0 Å². The highest BCUT2D eigenvalue weighted by atomic mass is 16.5. The Hall–Kier alpha value is -1.06. The Balaban J connectivity index is 1.95. The summed E-state index contributed by atoms with van der Waals surface area (Å²) in [6, 6.07) is 6.74. The van der Waals surface area contributed by atoms with Crippen molar-refractivity contribution in [2.45, 2.75) is 46.0 Å². The highest BCUT2D eigenvalue weighted by molar-refractivity contribution is 5.41. The summed E-state index contributed by atoms with van der Waals surface area (Å²) in [5, 5.41) is 3.41. The maximum Gasteiger partial charge on any atom is 0.123 e. The lowest BCUT2D eigenvalue weighted by Crippen LogP contribution is -2.43. The van der Waals surface area contributed by atoms with E-state index < -0.39 is 0 Å². The first-order valence-corrected chi connectivity index (χ1v) is 8.70. The van der Waals surface area contributed by atoms with Crippen LogP contribution in [0.3, 0.4) is 0 Å². The Morgan fingerprint density at radius 1 is 1.18 bits per heavy atom. The molecule has 0 spiro atoms. The SMILES string of the molecule is CCOc1ccc(CCCN2CCNCC2)cc1C(C)(C)C. The summed E-state index contributed by atoms with van der Waals surface area (Å²) in [6.07, 6.45) is 2.39. The van der Waals surface area contributed by atoms with E-state index in [1.54, 1.807) is 0 Å². The number of hydrogen-bond acceptors (Lipinski definition) is 3. The predicted molar refractivity (Wildman–Crippen MR) is 93.9 cm³/mol. The third kappa shape index (κ3) is 4.99. The molecule has 0 saturated carbocycles. The normalized spacial score (nSPS) is 16.7. The second kappa shape index (κ2) is 7.98. The highest BCUT2D eigenvalue weighted by Gasteiger charge is 2.19. The fourth-order valence-corrected chi connectivity index (χ4v) is 3.04. The average molecular weight is 304 g/mol. The summed E-state index contributed by atoms with van der Waals surface area (Å²) in [5.41, 5.74) is 2.89. The minimum atomic E-state index is 0.124. The first-order valence-electron chi connectivity index (χ1n) is 8.70. The van der Waals surface area contributed by atoms with Gasteiger partial charge in [-0.2, -0.15) is 0 Å². The van der Waals surface area contributed by atoms with E-state index in [1.807, 2.05) is 6.92 Å². The first kappa shape index (κ1) is 17.3. The summed E-state index contributed by atoms with van der Waals surface area (Å²) in [7, 11) is 0. The molecule has 1 saturated heterocycles. The third-order valence-electron chi connectivity index (χ3n) is 4.30. The second-order valence-corrected chi connectivity index (χ2v) is 7.21. The molecule has 1 aliphatic rings. The molecule has 0 aromatic heterocycles. The van der Waals surface area contributed by atoms with Gasteiger partial charge in [-0.05, 0) is 48.9 Å². The van der Waals surface area contributed by atoms with Crippen LogP contribution in [0.25, 0.3) is 0 Å². The molecule has 0 bridgehead atoms. The van der Waals surface area contributed by atoms with Gasteiger partial charge >= 0.3 is 0 Å². The summed E-state index contributed by atoms with van der Waals surface area (Å²) in [6.45, 7) is 15.4. The van der Waals surface area contributed by atoms with Gasteiger partial charge < -0.3 is 15.0 Å². The zero-order chi connectivity index (χ0) is 16.0. The van der Waals surface area contributed by atoms with Gasteiger partial charge in [-0.1, -0.05) is 32.9 Å². The van der Waals surface area contributed by atoms with E-state index >= 15 is 0 Å². The van der Waals surface area contributed by atoms with Crippen LogP contribution in [-0.4, -0.2) is 44.2 Å². The quantitative estimate of drug-likeness (QED) is 0.873. The maximum absolute atomic E-state index is 5.80. The number of nitrogens with one attached hydrogen (secondary N) is 1. The number of hydrogen-bond donors (Lipinski definition) is 1. The Kier molecular flexibility index (Phi) is 6.27. The molecule has 1 aromatic carbocycles. The number of benzene rings is 1. The van der Waals surface area contributed by atoms with Crippen LogP contribution in [0.4, 0.5) is 0 Å². The molecule has 3 heteroatoms. The van der Waals surface area contributed by atoms with Gasteiger partial charge in [0.15, 0.2) is 0 Å². The van der Waals surface area contributed by atoms with Crippen LogP contribution in [0.1, 0.15) is 45.2 Å². The van der Waals surface area contributed by atoms with Crippen molar-refractivity contribution in [3.63, 3.8) is 0 Å². The van der Waals surface area contributed by atoms with Gasteiger partial charge in [0.05, 0.1) is 6.61 Å². The minimum Gasteiger partial charge on any atom is -0.494 e. The largest absolute Gasteiger partial charge is 0.494 e. The van der Waals surface area contributed by atoms with Crippen molar-refractivity contribution in [2.75, 3.05) is 39.3 Å². The van der Waals surface area contributed by atoms with E-state index in [2.05, 4.69) is 49.2 Å². The first-order chi connectivity index (χ1) is 10.5. The van der Waals surface area contributed by atoms with Crippen LogP contribution < -0.4 is 10.1 Å². The number of aryl methyl sites for hydroxylation is 1. The smallest absolute Gasteiger partial charge is 0.123 e. The molecule has 22 heavy (non-hydrogen) atoms. The van der Waals surface area contributed by atoms with Crippen LogP contribution in [0.5, 0.6) is 5.75 Å². The highest BCUT2D eigenvalue weighted by Crippen LogP contribution is 2.32. The van der Waals surface area contributed by atoms with Crippen LogP contribution >= 0.6 is 0 Å². The Bertz CT molecular complexity index is 459. The number of nitrogens with zero attached hydrogens (tertiary/aromatic N) is 1. The lowest BCUT2D eigenvalue weighted by Gasteiger charge is -2.27. The molecule has 124 valence electrons. The van der Waals surface area contributed by atoms with E-state index in [0.717, 1.165) is 31.9 Å². The van der Waals surface area contributed by atoms with Gasteiger partial charge in [-0.25, -0.2) is 0 Å². The van der Waals surface area contributed by atoms with Crippen LogP contribution in [0.15, 0.2) is 18.2 Å². The molecule has 1 N–H and O–H groups in total. The molecule has 0 unspecified atom stereocenters. The lowest BCUT2D eigenvalue weighted by molar-refractivity contribution is 0.238. The number of piperazine rings is 1. The van der Waals surface area contributed by atoms with E-state index in [1.165, 1.54) is 37.2 Å². The summed E-state index contributed by atoms with van der Waals surface area (Å²) >= 11 is 0. The van der Waals surface area contributed by atoms with Crippen LogP contribution in [-0.2, 0) is 11.8 Å². The van der Waals surface area contributed by atoms with Crippen molar-refractivity contribution in [1.82, 2.24) is 10.2 Å². The fraction of sp³-hybridized carbons (Fsp3) is 0.684. The zero-order valence-corrected chi connectivity index (χ0v) is 14.7. The monoisotopic (exact) mass is 304 g/mol. The molecule has 1 heterocycles. The molecule has 1 aromatic rings. The fourth-order valence-electron chi connectivity index (χ4n) is 3.04. The van der Waals surface area contributed by atoms with E-state index in [0.29, 0.717) is 0 Å². The van der Waals surface area contributed by atoms with Gasteiger partial charge in [-0.3, -0.25) is 0 Å². The third-order valence-corrected chi connectivity index (χ3v) is 4.30. The predicted octanol–water partition coefficient (Wildman–Crippen LogP) is 3.22. The molecule has 3 nitrogen and oxygen atoms in total. The Labute approximate surface area is 136 Å². The molecule has 0 amide bonds. The second-order valence-electron chi connectivity index (χ2n) is 7.21. The number of ether oxygens (including phenoxy) is 1. The lowest BCUT2D eigenvalue weighted by atomic mass is 9.85. The minimum absolute atomic E-state index is 0.124. The van der Waals surface area contributed by atoms with Gasteiger partial charge in [0.2, 0.25) is 0 Å². The van der Waals surface area contributed by atoms with Gasteiger partial charge in [0.1, 0.15) is 5.75 Å². The Morgan fingerprint density at radius 2 is 1.91 bits per heavy atom. The molecule has 1 aliphatic heterocycles. The van der Waals surface area contributed by atoms with Crippen molar-refractivity contribution in [3.8, 4) is 5.75 Å². The van der Waals surface area contributed by atoms with Crippen molar-refractivity contribution >= 4 is 0 Å². The number of rotatable bonds is 6. The summed E-state index contributed by atoms with van der Waals surface area (Å²) < 4.78 is 5.80. The van der Waals surface area contributed by atoms with E-state index in [4.69, 9.17) is 4.74 Å². The summed E-state index contributed by atoms with van der Waals surface area (Å²) in [5.74, 6) is 1.04. The molecular weight excluding hydrogens is 272 g/mol. The maximum atomic E-state index is 5.80. The molecule has 2 rings (SSSR count). The van der Waals surface area contributed by atoms with Gasteiger partial charge in [0, 0.05) is 26.2 Å². The van der Waals surface area contributed by atoms with Crippen LogP contribution in [0.2, 0.25) is 0 Å². The molecule has 0 radical (unpaired) electrons. The molecule has 0 atom stereocenters. The van der Waals surface area contributed by atoms with Gasteiger partial charge in [0.25, 0.3) is 0 Å². The summed E-state index contributed by atoms with van der Waals surface area (Å²) in [4.78, 5) is 2.57. The van der Waals surface area contributed by atoms with E-state index in [9.17, 15) is 0 Å². The standard InChI is InChI=1S/C19H32N2O/c1-5-22-18-9-8-16(15-17(18)19(2,3)4)7-6-12-21-13-10-20-11-14-21/h8-9,15,20H,5-7,10-14H2,1-4H3. The van der Waals surface area contributed by atoms with E-state index in [-0.39, 0.29) is 5.41 Å². The molecule has 1 fully saturated rings. The Morgan fingerprint density at radius 3 is 2.55 bits per heavy atom.